The summed E-state index contributed by atoms with van der Waals surface area (Å²) in [4.78, 5) is 27.6. The molecular formula is C29H32N2O4. The average Bonchev–Trinajstić information content (AvgIpc) is 2.87. The van der Waals surface area contributed by atoms with Crippen molar-refractivity contribution < 1.29 is 19.1 Å². The summed E-state index contributed by atoms with van der Waals surface area (Å²) in [6.07, 6.45) is 1.31. The lowest BCUT2D eigenvalue weighted by Crippen LogP contribution is -2.41. The molecule has 0 fully saturated rings. The fraction of sp³-hybridized carbons (Fsp3) is 0.310. The van der Waals surface area contributed by atoms with E-state index in [1.165, 1.54) is 5.56 Å². The predicted octanol–water partition coefficient (Wildman–Crippen LogP) is 5.23. The van der Waals surface area contributed by atoms with Gasteiger partial charge >= 0.3 is 0 Å². The zero-order valence-corrected chi connectivity index (χ0v) is 20.5. The van der Waals surface area contributed by atoms with Gasteiger partial charge in [-0.2, -0.15) is 0 Å². The standard InChI is InChI=1S/C29H32N2O4/c1-20(2)17-28(33)31-16-15-21-9-12-25(18-26(21)29(31)22-7-5-4-6-8-22)35-19-27(32)30-23-10-13-24(34-3)14-11-23/h4-14,18,20,29H,15-17,19H2,1-3H3,(H,30,32). The maximum Gasteiger partial charge on any atom is 0.262 e. The third-order valence-corrected chi connectivity index (χ3v) is 6.11. The number of amides is 2. The van der Waals surface area contributed by atoms with Crippen LogP contribution in [-0.2, 0) is 16.0 Å². The molecule has 6 heteroatoms. The number of anilines is 1. The lowest BCUT2D eigenvalue weighted by molar-refractivity contribution is -0.134. The number of methoxy groups -OCH3 is 1. The molecule has 0 radical (unpaired) electrons. The van der Waals surface area contributed by atoms with Gasteiger partial charge in [0.1, 0.15) is 11.5 Å². The predicted molar refractivity (Wildman–Crippen MR) is 137 cm³/mol. The first-order chi connectivity index (χ1) is 16.9. The molecule has 1 N–H and O–H groups in total. The van der Waals surface area contributed by atoms with Crippen molar-refractivity contribution in [1.29, 1.82) is 0 Å². The van der Waals surface area contributed by atoms with Crippen molar-refractivity contribution in [2.24, 2.45) is 5.92 Å². The largest absolute Gasteiger partial charge is 0.497 e. The normalized spacial score (nSPS) is 14.9. The quantitative estimate of drug-likeness (QED) is 0.487. The van der Waals surface area contributed by atoms with Crippen molar-refractivity contribution in [2.45, 2.75) is 32.7 Å². The van der Waals surface area contributed by atoms with Gasteiger partial charge in [0.2, 0.25) is 5.91 Å². The van der Waals surface area contributed by atoms with E-state index in [-0.39, 0.29) is 24.5 Å². The van der Waals surface area contributed by atoms with E-state index < -0.39 is 0 Å². The van der Waals surface area contributed by atoms with Crippen LogP contribution in [0, 0.1) is 5.92 Å². The zero-order valence-electron chi connectivity index (χ0n) is 20.5. The second-order valence-electron chi connectivity index (χ2n) is 9.17. The van der Waals surface area contributed by atoms with E-state index in [1.54, 1.807) is 31.4 Å². The number of benzene rings is 3. The number of nitrogens with one attached hydrogen (secondary N) is 1. The number of rotatable bonds is 8. The molecule has 0 aliphatic carbocycles. The van der Waals surface area contributed by atoms with Gasteiger partial charge in [-0.05, 0) is 65.4 Å². The van der Waals surface area contributed by atoms with Gasteiger partial charge in [0, 0.05) is 18.7 Å². The number of nitrogens with zero attached hydrogens (tertiary/aromatic N) is 1. The summed E-state index contributed by atoms with van der Waals surface area (Å²) in [6, 6.07) is 23.0. The van der Waals surface area contributed by atoms with E-state index in [1.807, 2.05) is 41.3 Å². The van der Waals surface area contributed by atoms with Crippen LogP contribution in [0.15, 0.2) is 72.8 Å². The van der Waals surface area contributed by atoms with Gasteiger partial charge in [-0.25, -0.2) is 0 Å². The molecule has 1 unspecified atom stereocenters. The highest BCUT2D eigenvalue weighted by molar-refractivity contribution is 5.91. The topological polar surface area (TPSA) is 67.9 Å². The molecular weight excluding hydrogens is 440 g/mol. The summed E-state index contributed by atoms with van der Waals surface area (Å²) in [7, 11) is 1.60. The Bertz CT molecular complexity index is 1160. The Morgan fingerprint density at radius 3 is 2.40 bits per heavy atom. The van der Waals surface area contributed by atoms with Crippen LogP contribution in [0.3, 0.4) is 0 Å². The molecule has 1 heterocycles. The molecule has 0 saturated carbocycles. The molecule has 0 bridgehead atoms. The van der Waals surface area contributed by atoms with Gasteiger partial charge in [0.25, 0.3) is 5.91 Å². The second kappa shape index (κ2) is 11.1. The second-order valence-corrected chi connectivity index (χ2v) is 9.17. The smallest absolute Gasteiger partial charge is 0.262 e. The van der Waals surface area contributed by atoms with Crippen LogP contribution in [0.25, 0.3) is 0 Å². The lowest BCUT2D eigenvalue weighted by atomic mass is 9.87. The van der Waals surface area contributed by atoms with Gasteiger partial charge in [0.15, 0.2) is 6.61 Å². The van der Waals surface area contributed by atoms with Crippen LogP contribution in [0.1, 0.15) is 43.0 Å². The van der Waals surface area contributed by atoms with Crippen molar-refractivity contribution in [2.75, 3.05) is 25.6 Å². The molecule has 4 rings (SSSR count). The van der Waals surface area contributed by atoms with Gasteiger partial charge in [-0.15, -0.1) is 0 Å². The molecule has 35 heavy (non-hydrogen) atoms. The Morgan fingerprint density at radius 2 is 1.71 bits per heavy atom. The molecule has 6 nitrogen and oxygen atoms in total. The van der Waals surface area contributed by atoms with Crippen LogP contribution in [0.5, 0.6) is 11.5 Å². The van der Waals surface area contributed by atoms with Gasteiger partial charge < -0.3 is 19.7 Å². The minimum atomic E-state index is -0.249. The van der Waals surface area contributed by atoms with Gasteiger partial charge in [-0.1, -0.05) is 50.2 Å². The molecule has 2 amide bonds. The molecule has 3 aromatic rings. The van der Waals surface area contributed by atoms with Gasteiger partial charge in [-0.3, -0.25) is 9.59 Å². The van der Waals surface area contributed by atoms with Crippen molar-refractivity contribution in [3.63, 3.8) is 0 Å². The lowest BCUT2D eigenvalue weighted by Gasteiger charge is -2.38. The maximum atomic E-state index is 13.1. The maximum absolute atomic E-state index is 13.1. The van der Waals surface area contributed by atoms with Crippen LogP contribution in [-0.4, -0.2) is 37.0 Å². The Morgan fingerprint density at radius 1 is 1.00 bits per heavy atom. The first kappa shape index (κ1) is 24.3. The number of ether oxygens (including phenoxy) is 2. The Hall–Kier alpha value is -3.80. The molecule has 1 aliphatic heterocycles. The highest BCUT2D eigenvalue weighted by Crippen LogP contribution is 2.37. The van der Waals surface area contributed by atoms with Crippen LogP contribution in [0.2, 0.25) is 0 Å². The molecule has 1 aliphatic rings. The van der Waals surface area contributed by atoms with Crippen molar-refractivity contribution in [3.05, 3.63) is 89.5 Å². The average molecular weight is 473 g/mol. The zero-order chi connectivity index (χ0) is 24.8. The Balaban J connectivity index is 1.52. The molecule has 182 valence electrons. The summed E-state index contributed by atoms with van der Waals surface area (Å²) < 4.78 is 11.0. The SMILES string of the molecule is COc1ccc(NC(=O)COc2ccc3c(c2)C(c2ccccc2)N(C(=O)CC(C)C)CC3)cc1. The van der Waals surface area contributed by atoms with Crippen LogP contribution in [0.4, 0.5) is 5.69 Å². The first-order valence-electron chi connectivity index (χ1n) is 12.0. The number of carbonyl (C=O) groups is 2. The fourth-order valence-electron chi connectivity index (χ4n) is 4.43. The summed E-state index contributed by atoms with van der Waals surface area (Å²) in [6.45, 7) is 4.70. The molecule has 3 aromatic carbocycles. The molecule has 0 spiro atoms. The third-order valence-electron chi connectivity index (χ3n) is 6.11. The van der Waals surface area contributed by atoms with Crippen LogP contribution < -0.4 is 14.8 Å². The summed E-state index contributed by atoms with van der Waals surface area (Å²) in [5.41, 5.74) is 3.99. The minimum absolute atomic E-state index is 0.114. The minimum Gasteiger partial charge on any atom is -0.497 e. The number of carbonyl (C=O) groups excluding carboxylic acids is 2. The third kappa shape index (κ3) is 6.01. The van der Waals surface area contributed by atoms with Crippen molar-refractivity contribution >= 4 is 17.5 Å². The van der Waals surface area contributed by atoms with E-state index >= 15 is 0 Å². The number of hydrogen-bond donors (Lipinski definition) is 1. The first-order valence-corrected chi connectivity index (χ1v) is 12.0. The highest BCUT2D eigenvalue weighted by atomic mass is 16.5. The van der Waals surface area contributed by atoms with E-state index in [0.29, 0.717) is 30.3 Å². The summed E-state index contributed by atoms with van der Waals surface area (Å²) in [5, 5.41) is 2.83. The van der Waals surface area contributed by atoms with E-state index in [4.69, 9.17) is 9.47 Å². The van der Waals surface area contributed by atoms with E-state index in [2.05, 4.69) is 31.3 Å². The summed E-state index contributed by atoms with van der Waals surface area (Å²) >= 11 is 0. The van der Waals surface area contributed by atoms with Gasteiger partial charge in [0.05, 0.1) is 13.2 Å². The number of fused-ring (bicyclic) bond motifs is 1. The monoisotopic (exact) mass is 472 g/mol. The highest BCUT2D eigenvalue weighted by Gasteiger charge is 2.32. The number of hydrogen-bond acceptors (Lipinski definition) is 4. The molecule has 0 aromatic heterocycles. The fourth-order valence-corrected chi connectivity index (χ4v) is 4.43. The van der Waals surface area contributed by atoms with E-state index in [9.17, 15) is 9.59 Å². The van der Waals surface area contributed by atoms with Crippen molar-refractivity contribution in [1.82, 2.24) is 4.90 Å². The van der Waals surface area contributed by atoms with Crippen molar-refractivity contribution in [3.8, 4) is 11.5 Å². The van der Waals surface area contributed by atoms with Crippen LogP contribution >= 0.6 is 0 Å². The molecule has 0 saturated heterocycles. The Kier molecular flexibility index (Phi) is 7.70. The van der Waals surface area contributed by atoms with E-state index in [0.717, 1.165) is 23.3 Å². The summed E-state index contributed by atoms with van der Waals surface area (Å²) in [5.74, 6) is 1.53. The molecule has 1 atom stereocenters. The Labute approximate surface area is 206 Å².